The zero-order valence-corrected chi connectivity index (χ0v) is 21.1. The molecule has 0 atom stereocenters. The van der Waals surface area contributed by atoms with Crippen LogP contribution in [0.3, 0.4) is 0 Å². The van der Waals surface area contributed by atoms with Gasteiger partial charge in [0.2, 0.25) is 5.95 Å². The van der Waals surface area contributed by atoms with Gasteiger partial charge in [0.25, 0.3) is 6.43 Å². The first-order chi connectivity index (χ1) is 19.0. The minimum atomic E-state index is -2.68. The number of anilines is 2. The number of alkyl halides is 2. The highest BCUT2D eigenvalue weighted by molar-refractivity contribution is 6.30. The first-order valence-corrected chi connectivity index (χ1v) is 11.9. The predicted molar refractivity (Wildman–Crippen MR) is 136 cm³/mol. The van der Waals surface area contributed by atoms with Gasteiger partial charge < -0.3 is 5.32 Å². The predicted octanol–water partition coefficient (Wildman–Crippen LogP) is 4.58. The van der Waals surface area contributed by atoms with Crippen LogP contribution in [-0.4, -0.2) is 35.3 Å². The number of aryl methyl sites for hydroxylation is 1. The Labute approximate surface area is 226 Å². The van der Waals surface area contributed by atoms with Crippen molar-refractivity contribution in [3.8, 4) is 5.69 Å². The van der Waals surface area contributed by atoms with Crippen molar-refractivity contribution in [2.45, 2.75) is 26.4 Å². The Bertz CT molecular complexity index is 1860. The number of fused-ring (bicyclic) bond motifs is 1. The van der Waals surface area contributed by atoms with E-state index in [4.69, 9.17) is 11.6 Å². The van der Waals surface area contributed by atoms with Crippen molar-refractivity contribution in [2.24, 2.45) is 0 Å². The molecule has 0 radical (unpaired) electrons. The molecule has 9 nitrogen and oxygen atoms in total. The van der Waals surface area contributed by atoms with Gasteiger partial charge in [-0.2, -0.15) is 10.1 Å². The van der Waals surface area contributed by atoms with Crippen molar-refractivity contribution in [3.63, 3.8) is 0 Å². The maximum Gasteiger partial charge on any atom is 0.359 e. The van der Waals surface area contributed by atoms with Gasteiger partial charge in [0, 0.05) is 23.8 Å². The number of benzene rings is 2. The molecule has 206 valence electrons. The van der Waals surface area contributed by atoms with Crippen LogP contribution in [0.2, 0.25) is 5.02 Å². The smallest absolute Gasteiger partial charge is 0.323 e. The van der Waals surface area contributed by atoms with E-state index in [0.29, 0.717) is 10.1 Å². The fourth-order valence-electron chi connectivity index (χ4n) is 4.04. The fraction of sp³-hybridized carbons (Fsp3) is 0.160. The lowest BCUT2D eigenvalue weighted by Gasteiger charge is -2.16. The summed E-state index contributed by atoms with van der Waals surface area (Å²) in [5.74, 6) is -3.89. The second kappa shape index (κ2) is 10.5. The van der Waals surface area contributed by atoms with Crippen LogP contribution >= 0.6 is 11.6 Å². The number of rotatable bonds is 7. The van der Waals surface area contributed by atoms with Gasteiger partial charge >= 0.3 is 11.4 Å². The van der Waals surface area contributed by atoms with E-state index in [9.17, 15) is 27.2 Å². The van der Waals surface area contributed by atoms with Crippen LogP contribution in [0, 0.1) is 24.4 Å². The van der Waals surface area contributed by atoms with Gasteiger partial charge in [0.1, 0.15) is 12.4 Å². The molecular formula is C25H17ClF5N7O2. The summed E-state index contributed by atoms with van der Waals surface area (Å²) < 4.78 is 71.0. The normalized spacial score (nSPS) is 11.5. The Morgan fingerprint density at radius 2 is 1.80 bits per heavy atom. The average molecular weight is 578 g/mol. The highest BCUT2D eigenvalue weighted by atomic mass is 35.5. The van der Waals surface area contributed by atoms with E-state index >= 15 is 4.39 Å². The monoisotopic (exact) mass is 577 g/mol. The van der Waals surface area contributed by atoms with Crippen LogP contribution in [0.4, 0.5) is 33.6 Å². The Balaban J connectivity index is 1.65. The van der Waals surface area contributed by atoms with Gasteiger partial charge in [0.15, 0.2) is 11.6 Å². The standard InChI is InChI=1S/C25H17ClF5N7O2/c1-12-2-15(8-32-7-12)38-24(39)34-23(37(25(38)40)9-13-3-16(26)22(31)18(28)4-13)33-20-5-14-10-36(11-21(29)30)35-19(14)6-17(20)27/h2-8,10,21H,9,11H2,1H3,(H,33,34,39). The molecule has 0 aliphatic rings. The van der Waals surface area contributed by atoms with Gasteiger partial charge in [-0.25, -0.2) is 36.1 Å². The number of hydrogen-bond acceptors (Lipinski definition) is 6. The molecule has 0 unspecified atom stereocenters. The van der Waals surface area contributed by atoms with Crippen LogP contribution < -0.4 is 16.7 Å². The molecule has 0 saturated carbocycles. The molecule has 5 aromatic rings. The van der Waals surface area contributed by atoms with Crippen molar-refractivity contribution in [1.82, 2.24) is 28.9 Å². The Morgan fingerprint density at radius 3 is 2.50 bits per heavy atom. The molecule has 3 heterocycles. The third kappa shape index (κ3) is 5.30. The molecule has 0 saturated heterocycles. The van der Waals surface area contributed by atoms with E-state index in [1.54, 1.807) is 6.92 Å². The second-order valence-electron chi connectivity index (χ2n) is 8.77. The molecule has 1 N–H and O–H groups in total. The van der Waals surface area contributed by atoms with Gasteiger partial charge in [-0.05, 0) is 42.3 Å². The Kier molecular flexibility index (Phi) is 7.10. The number of pyridine rings is 1. The van der Waals surface area contributed by atoms with Gasteiger partial charge in [-0.15, -0.1) is 0 Å². The fourth-order valence-corrected chi connectivity index (χ4v) is 4.27. The molecule has 3 aromatic heterocycles. The topological polar surface area (TPSA) is 99.6 Å². The van der Waals surface area contributed by atoms with Gasteiger partial charge in [0.05, 0.1) is 34.7 Å². The summed E-state index contributed by atoms with van der Waals surface area (Å²) in [7, 11) is 0. The van der Waals surface area contributed by atoms with E-state index < -0.39 is 59.3 Å². The molecular weight excluding hydrogens is 561 g/mol. The van der Waals surface area contributed by atoms with Crippen molar-refractivity contribution < 1.29 is 22.0 Å². The van der Waals surface area contributed by atoms with Crippen molar-refractivity contribution in [3.05, 3.63) is 103 Å². The zero-order chi connectivity index (χ0) is 28.7. The molecule has 5 rings (SSSR count). The summed E-state index contributed by atoms with van der Waals surface area (Å²) in [6.07, 6.45) is 1.35. The van der Waals surface area contributed by atoms with E-state index in [2.05, 4.69) is 20.4 Å². The molecule has 0 fully saturated rings. The summed E-state index contributed by atoms with van der Waals surface area (Å²) in [6.45, 7) is 0.527. The van der Waals surface area contributed by atoms with E-state index in [1.165, 1.54) is 30.7 Å². The van der Waals surface area contributed by atoms with Gasteiger partial charge in [-0.3, -0.25) is 14.2 Å². The van der Waals surface area contributed by atoms with Crippen LogP contribution in [0.1, 0.15) is 11.1 Å². The summed E-state index contributed by atoms with van der Waals surface area (Å²) in [4.78, 5) is 34.5. The zero-order valence-electron chi connectivity index (χ0n) is 20.4. The van der Waals surface area contributed by atoms with E-state index in [1.807, 2.05) is 0 Å². The van der Waals surface area contributed by atoms with Crippen LogP contribution in [0.15, 0.2) is 58.5 Å². The third-order valence-electron chi connectivity index (χ3n) is 5.79. The molecule has 0 bridgehead atoms. The number of aromatic nitrogens is 6. The summed E-state index contributed by atoms with van der Waals surface area (Å²) in [5.41, 5.74) is -1.41. The average Bonchev–Trinajstić information content (AvgIpc) is 3.25. The quantitative estimate of drug-likeness (QED) is 0.225. The summed E-state index contributed by atoms with van der Waals surface area (Å²) >= 11 is 5.77. The van der Waals surface area contributed by atoms with Crippen molar-refractivity contribution in [1.29, 1.82) is 0 Å². The molecule has 0 aliphatic carbocycles. The molecule has 0 amide bonds. The number of halogens is 6. The molecule has 0 aliphatic heterocycles. The van der Waals surface area contributed by atoms with Crippen LogP contribution in [0.25, 0.3) is 16.6 Å². The van der Waals surface area contributed by atoms with E-state index in [-0.39, 0.29) is 27.8 Å². The Morgan fingerprint density at radius 1 is 1.02 bits per heavy atom. The molecule has 2 aromatic carbocycles. The van der Waals surface area contributed by atoms with Crippen LogP contribution in [0.5, 0.6) is 0 Å². The number of hydrogen-bond donors (Lipinski definition) is 1. The maximum absolute atomic E-state index is 15.0. The number of nitrogens with one attached hydrogen (secondary N) is 1. The van der Waals surface area contributed by atoms with E-state index in [0.717, 1.165) is 27.4 Å². The largest absolute Gasteiger partial charge is 0.359 e. The highest BCUT2D eigenvalue weighted by Crippen LogP contribution is 2.26. The lowest BCUT2D eigenvalue weighted by molar-refractivity contribution is 0.122. The minimum absolute atomic E-state index is 0.0348. The van der Waals surface area contributed by atoms with Crippen molar-refractivity contribution in [2.75, 3.05) is 5.32 Å². The van der Waals surface area contributed by atoms with Crippen LogP contribution in [-0.2, 0) is 13.1 Å². The van der Waals surface area contributed by atoms with Crippen molar-refractivity contribution >= 4 is 34.1 Å². The Hall–Kier alpha value is -4.59. The summed E-state index contributed by atoms with van der Waals surface area (Å²) in [6, 6.07) is 5.63. The SMILES string of the molecule is Cc1cncc(-n2c(=O)nc(Nc3cc4cn(CC(F)F)nc4cc3F)n(Cc3cc(F)c(F)c(Cl)c3)c2=O)c1. The summed E-state index contributed by atoms with van der Waals surface area (Å²) in [5, 5.41) is 6.22. The molecule has 40 heavy (non-hydrogen) atoms. The highest BCUT2D eigenvalue weighted by Gasteiger charge is 2.19. The molecule has 15 heteroatoms. The third-order valence-corrected chi connectivity index (χ3v) is 6.06. The first kappa shape index (κ1) is 27.0. The second-order valence-corrected chi connectivity index (χ2v) is 9.18. The lowest BCUT2D eigenvalue weighted by Crippen LogP contribution is -2.41. The molecule has 0 spiro atoms. The number of nitrogens with zero attached hydrogens (tertiary/aromatic N) is 6. The first-order valence-electron chi connectivity index (χ1n) is 11.5. The lowest BCUT2D eigenvalue weighted by atomic mass is 10.2. The van der Waals surface area contributed by atoms with Gasteiger partial charge in [-0.1, -0.05) is 11.6 Å². The minimum Gasteiger partial charge on any atom is -0.323 e. The maximum atomic E-state index is 15.0.